The Morgan fingerprint density at radius 3 is 2.54 bits per heavy atom. The quantitative estimate of drug-likeness (QED) is 0.453. The van der Waals surface area contributed by atoms with Crippen molar-refractivity contribution in [2.24, 2.45) is 5.92 Å². The van der Waals surface area contributed by atoms with Gasteiger partial charge in [0.1, 0.15) is 11.8 Å². The van der Waals surface area contributed by atoms with Gasteiger partial charge in [0.15, 0.2) is 0 Å². The molecule has 4 rings (SSSR count). The first-order valence-electron chi connectivity index (χ1n) is 14.1. The fourth-order valence-electron chi connectivity index (χ4n) is 5.84. The highest BCUT2D eigenvalue weighted by Crippen LogP contribution is 2.29. The number of hydrogen-bond acceptors (Lipinski definition) is 5. The molecular formula is C30H44N4O3. The number of benzene rings is 1. The lowest BCUT2D eigenvalue weighted by molar-refractivity contribution is -0.139. The Balaban J connectivity index is 1.46. The van der Waals surface area contributed by atoms with Crippen LogP contribution in [0.2, 0.25) is 0 Å². The molecule has 1 aliphatic heterocycles. The molecule has 1 saturated heterocycles. The highest BCUT2D eigenvalue weighted by Gasteiger charge is 2.39. The number of nitrogens with zero attached hydrogens (tertiary/aromatic N) is 2. The number of carbonyl (C=O) groups excluding carboxylic acids is 2. The highest BCUT2D eigenvalue weighted by atomic mass is 16.3. The molecule has 3 atom stereocenters. The maximum absolute atomic E-state index is 14.0. The van der Waals surface area contributed by atoms with Crippen LogP contribution >= 0.6 is 0 Å². The molecule has 2 amide bonds. The molecule has 2 aromatic rings. The van der Waals surface area contributed by atoms with Crippen LogP contribution in [0.25, 0.3) is 0 Å². The lowest BCUT2D eigenvalue weighted by Crippen LogP contribution is -2.57. The largest absolute Gasteiger partial charge is 0.468 e. The normalized spacial score (nSPS) is 20.2. The summed E-state index contributed by atoms with van der Waals surface area (Å²) in [7, 11) is 1.78. The summed E-state index contributed by atoms with van der Waals surface area (Å²) in [5, 5.41) is 6.16. The van der Waals surface area contributed by atoms with Gasteiger partial charge in [0.25, 0.3) is 0 Å². The number of nitrogens with one attached hydrogen (secondary N) is 2. The van der Waals surface area contributed by atoms with Crippen LogP contribution in [0.4, 0.5) is 0 Å². The molecule has 202 valence electrons. The van der Waals surface area contributed by atoms with Crippen molar-refractivity contribution < 1.29 is 14.0 Å². The first-order chi connectivity index (χ1) is 18.0. The number of likely N-dealkylation sites (tertiary alicyclic amines) is 1. The van der Waals surface area contributed by atoms with Gasteiger partial charge in [0, 0.05) is 25.7 Å². The summed E-state index contributed by atoms with van der Waals surface area (Å²) in [4.78, 5) is 31.4. The lowest BCUT2D eigenvalue weighted by atomic mass is 9.83. The van der Waals surface area contributed by atoms with Gasteiger partial charge < -0.3 is 20.0 Å². The Bertz CT molecular complexity index is 958. The summed E-state index contributed by atoms with van der Waals surface area (Å²) in [5.41, 5.74) is 1.31. The second-order valence-electron chi connectivity index (χ2n) is 10.8. The number of amides is 2. The average molecular weight is 509 g/mol. The zero-order chi connectivity index (χ0) is 26.0. The lowest BCUT2D eigenvalue weighted by Gasteiger charge is -2.36. The van der Waals surface area contributed by atoms with Crippen LogP contribution < -0.4 is 10.6 Å². The monoisotopic (exact) mass is 508 g/mol. The van der Waals surface area contributed by atoms with Crippen molar-refractivity contribution in [2.75, 3.05) is 26.7 Å². The minimum absolute atomic E-state index is 0.0931. The highest BCUT2D eigenvalue weighted by molar-refractivity contribution is 5.90. The van der Waals surface area contributed by atoms with Crippen LogP contribution in [-0.4, -0.2) is 66.4 Å². The van der Waals surface area contributed by atoms with E-state index in [0.717, 1.165) is 76.9 Å². The third-order valence-corrected chi connectivity index (χ3v) is 8.16. The fraction of sp³-hybridized carbons (Fsp3) is 0.600. The molecule has 0 spiro atoms. The Labute approximate surface area is 222 Å². The van der Waals surface area contributed by atoms with Gasteiger partial charge in [-0.1, -0.05) is 49.6 Å². The molecule has 2 aliphatic rings. The van der Waals surface area contributed by atoms with Gasteiger partial charge in [0.05, 0.1) is 18.8 Å². The van der Waals surface area contributed by atoms with E-state index in [1.165, 1.54) is 12.0 Å². The van der Waals surface area contributed by atoms with Crippen LogP contribution in [-0.2, 0) is 22.6 Å². The first kappa shape index (κ1) is 27.4. The predicted molar refractivity (Wildman–Crippen MR) is 146 cm³/mol. The van der Waals surface area contributed by atoms with Crippen LogP contribution in [0.5, 0.6) is 0 Å². The van der Waals surface area contributed by atoms with E-state index >= 15 is 0 Å². The minimum atomic E-state index is -0.438. The van der Waals surface area contributed by atoms with Crippen LogP contribution in [0.1, 0.15) is 63.2 Å². The van der Waals surface area contributed by atoms with E-state index < -0.39 is 6.04 Å². The van der Waals surface area contributed by atoms with Crippen LogP contribution in [0.15, 0.2) is 53.1 Å². The van der Waals surface area contributed by atoms with Gasteiger partial charge in [-0.2, -0.15) is 0 Å². The molecule has 7 heteroatoms. The van der Waals surface area contributed by atoms with Crippen molar-refractivity contribution in [3.63, 3.8) is 0 Å². The Morgan fingerprint density at radius 1 is 1.05 bits per heavy atom. The van der Waals surface area contributed by atoms with Crippen molar-refractivity contribution in [3.8, 4) is 0 Å². The standard InChI is InChI=1S/C30H44N4O3/c1-23(31-2)29(35)32-28(25-13-7-4-8-14-25)30(36)34-18-9-15-26(34)21-33(22-27-16-10-20-37-27)19-17-24-11-5-3-6-12-24/h3,5-6,10-12,16,20,23,25-26,28,31H,4,7-9,13-15,17-19,21-22H2,1-2H3,(H,32,35)/t23-,26?,28-/m0/s1. The Kier molecular flexibility index (Phi) is 10.2. The number of hydrogen-bond donors (Lipinski definition) is 2. The summed E-state index contributed by atoms with van der Waals surface area (Å²) in [6, 6.07) is 13.9. The molecule has 0 radical (unpaired) electrons. The van der Waals surface area contributed by atoms with Gasteiger partial charge in [-0.15, -0.1) is 0 Å². The molecular weight excluding hydrogens is 464 g/mol. The SMILES string of the molecule is CN[C@@H](C)C(=O)N[C@H](C(=O)N1CCCC1CN(CCc1ccccc1)Cc1ccco1)C1CCCCC1. The minimum Gasteiger partial charge on any atom is -0.468 e. The molecule has 1 aliphatic carbocycles. The molecule has 2 N–H and O–H groups in total. The van der Waals surface area contributed by atoms with Gasteiger partial charge >= 0.3 is 0 Å². The van der Waals surface area contributed by atoms with Crippen molar-refractivity contribution in [1.29, 1.82) is 0 Å². The van der Waals surface area contributed by atoms with Gasteiger partial charge in [-0.3, -0.25) is 14.5 Å². The van der Waals surface area contributed by atoms with Crippen molar-refractivity contribution in [1.82, 2.24) is 20.4 Å². The zero-order valence-corrected chi connectivity index (χ0v) is 22.5. The predicted octanol–water partition coefficient (Wildman–Crippen LogP) is 3.99. The molecule has 7 nitrogen and oxygen atoms in total. The topological polar surface area (TPSA) is 77.8 Å². The summed E-state index contributed by atoms with van der Waals surface area (Å²) < 4.78 is 5.67. The first-order valence-corrected chi connectivity index (χ1v) is 14.1. The third kappa shape index (κ3) is 7.68. The number of carbonyl (C=O) groups is 2. The van der Waals surface area contributed by atoms with Crippen LogP contribution in [0.3, 0.4) is 0 Å². The van der Waals surface area contributed by atoms with Crippen molar-refractivity contribution in [2.45, 2.75) is 83.0 Å². The second kappa shape index (κ2) is 13.8. The van der Waals surface area contributed by atoms with E-state index in [-0.39, 0.29) is 29.8 Å². The molecule has 1 aromatic carbocycles. The van der Waals surface area contributed by atoms with Crippen LogP contribution in [0, 0.1) is 5.92 Å². The summed E-state index contributed by atoms with van der Waals surface area (Å²) >= 11 is 0. The molecule has 1 saturated carbocycles. The maximum Gasteiger partial charge on any atom is 0.245 e. The van der Waals surface area contributed by atoms with Gasteiger partial charge in [0.2, 0.25) is 11.8 Å². The van der Waals surface area contributed by atoms with Gasteiger partial charge in [-0.05, 0) is 69.7 Å². The molecule has 1 unspecified atom stereocenters. The third-order valence-electron chi connectivity index (χ3n) is 8.16. The molecule has 37 heavy (non-hydrogen) atoms. The van der Waals surface area contributed by atoms with E-state index in [1.54, 1.807) is 13.3 Å². The average Bonchev–Trinajstić information content (AvgIpc) is 3.63. The van der Waals surface area contributed by atoms with Crippen molar-refractivity contribution >= 4 is 11.8 Å². The number of likely N-dealkylation sites (N-methyl/N-ethyl adjacent to an activating group) is 1. The summed E-state index contributed by atoms with van der Waals surface area (Å²) in [6.07, 6.45) is 10.2. The molecule has 0 bridgehead atoms. The van der Waals surface area contributed by atoms with E-state index in [9.17, 15) is 9.59 Å². The van der Waals surface area contributed by atoms with E-state index in [1.807, 2.05) is 25.1 Å². The Morgan fingerprint density at radius 2 is 1.84 bits per heavy atom. The number of furan rings is 1. The fourth-order valence-corrected chi connectivity index (χ4v) is 5.84. The Hall–Kier alpha value is -2.64. The van der Waals surface area contributed by atoms with Gasteiger partial charge in [-0.25, -0.2) is 0 Å². The second-order valence-corrected chi connectivity index (χ2v) is 10.8. The van der Waals surface area contributed by atoms with E-state index in [2.05, 4.69) is 44.7 Å². The van der Waals surface area contributed by atoms with E-state index in [0.29, 0.717) is 0 Å². The zero-order valence-electron chi connectivity index (χ0n) is 22.5. The molecule has 2 fully saturated rings. The summed E-state index contributed by atoms with van der Waals surface area (Å²) in [5.74, 6) is 1.17. The molecule has 1 aromatic heterocycles. The molecule has 2 heterocycles. The number of rotatable bonds is 12. The summed E-state index contributed by atoms with van der Waals surface area (Å²) in [6.45, 7) is 5.02. The maximum atomic E-state index is 14.0. The van der Waals surface area contributed by atoms with E-state index in [4.69, 9.17) is 4.42 Å². The smallest absolute Gasteiger partial charge is 0.245 e. The van der Waals surface area contributed by atoms with Crippen molar-refractivity contribution in [3.05, 3.63) is 60.1 Å².